The molecule has 1 atom stereocenters. The van der Waals surface area contributed by atoms with Gasteiger partial charge >= 0.3 is 0 Å². The zero-order valence-corrected chi connectivity index (χ0v) is 11.6. The summed E-state index contributed by atoms with van der Waals surface area (Å²) in [4.78, 5) is 15.8. The van der Waals surface area contributed by atoms with E-state index in [9.17, 15) is 9.90 Å². The van der Waals surface area contributed by atoms with Crippen LogP contribution in [-0.4, -0.2) is 28.6 Å². The van der Waals surface area contributed by atoms with E-state index in [-0.39, 0.29) is 23.7 Å². The number of hydrogen-bond donors (Lipinski definition) is 2. The number of carbonyl (C=O) groups is 1. The minimum atomic E-state index is -0.559. The molecule has 1 aromatic rings. The summed E-state index contributed by atoms with van der Waals surface area (Å²) in [7, 11) is 0. The molecule has 0 radical (unpaired) electrons. The van der Waals surface area contributed by atoms with Crippen LogP contribution in [0.3, 0.4) is 0 Å². The lowest BCUT2D eigenvalue weighted by molar-refractivity contribution is -0.123. The number of pyridine rings is 1. The molecule has 0 saturated heterocycles. The second-order valence-electron chi connectivity index (χ2n) is 5.81. The Kier molecular flexibility index (Phi) is 4.20. The van der Waals surface area contributed by atoms with Gasteiger partial charge in [-0.2, -0.15) is 0 Å². The predicted molar refractivity (Wildman–Crippen MR) is 73.6 cm³/mol. The van der Waals surface area contributed by atoms with Crippen LogP contribution in [-0.2, 0) is 10.2 Å². The second kappa shape index (κ2) is 5.70. The van der Waals surface area contributed by atoms with E-state index in [0.29, 0.717) is 6.54 Å². The van der Waals surface area contributed by atoms with E-state index in [1.165, 1.54) is 5.56 Å². The maximum atomic E-state index is 11.8. The highest BCUT2D eigenvalue weighted by molar-refractivity contribution is 5.76. The van der Waals surface area contributed by atoms with Crippen LogP contribution in [0.1, 0.15) is 38.7 Å². The Hall–Kier alpha value is -1.42. The number of nitrogens with zero attached hydrogens (tertiary/aromatic N) is 1. The molecule has 4 nitrogen and oxygen atoms in total. The van der Waals surface area contributed by atoms with E-state index in [2.05, 4.69) is 10.3 Å². The number of aliphatic hydroxyl groups is 1. The Bertz CT molecular complexity index is 427. The topological polar surface area (TPSA) is 62.2 Å². The van der Waals surface area contributed by atoms with Crippen LogP contribution in [0.2, 0.25) is 0 Å². The number of aliphatic hydroxyl groups excluding tert-OH is 1. The fourth-order valence-electron chi connectivity index (χ4n) is 2.19. The largest absolute Gasteiger partial charge is 0.392 e. The zero-order chi connectivity index (χ0) is 13.9. The molecule has 1 amide bonds. The number of carbonyl (C=O) groups excluding carboxylic acids is 1. The number of amides is 1. The predicted octanol–water partition coefficient (Wildman–Crippen LogP) is 1.64. The monoisotopic (exact) mass is 262 g/mol. The first-order valence-corrected chi connectivity index (χ1v) is 6.89. The molecule has 1 unspecified atom stereocenters. The molecule has 1 aliphatic rings. The van der Waals surface area contributed by atoms with Crippen LogP contribution < -0.4 is 5.32 Å². The molecule has 1 aliphatic carbocycles. The Balaban J connectivity index is 1.84. The molecule has 0 aromatic carbocycles. The van der Waals surface area contributed by atoms with Gasteiger partial charge in [-0.05, 0) is 36.5 Å². The molecule has 4 heteroatoms. The lowest BCUT2D eigenvalue weighted by Crippen LogP contribution is -2.35. The van der Waals surface area contributed by atoms with Gasteiger partial charge in [0.25, 0.3) is 0 Å². The third-order valence-electron chi connectivity index (χ3n) is 3.93. The molecule has 1 fully saturated rings. The normalized spacial score (nSPS) is 18.1. The molecule has 104 valence electrons. The van der Waals surface area contributed by atoms with E-state index < -0.39 is 6.10 Å². The average Bonchev–Trinajstić information content (AvgIpc) is 3.18. The molecule has 1 heterocycles. The quantitative estimate of drug-likeness (QED) is 0.819. The average molecular weight is 262 g/mol. The Labute approximate surface area is 114 Å². The summed E-state index contributed by atoms with van der Waals surface area (Å²) >= 11 is 0. The summed E-state index contributed by atoms with van der Waals surface area (Å²) in [5, 5.41) is 12.6. The first kappa shape index (κ1) is 14.0. The van der Waals surface area contributed by atoms with Crippen LogP contribution in [0, 0.1) is 5.92 Å². The summed E-state index contributed by atoms with van der Waals surface area (Å²) in [6.45, 7) is 4.48. The lowest BCUT2D eigenvalue weighted by atomic mass is 9.97. The zero-order valence-electron chi connectivity index (χ0n) is 11.6. The number of rotatable bonds is 6. The van der Waals surface area contributed by atoms with E-state index in [1.54, 1.807) is 12.4 Å². The van der Waals surface area contributed by atoms with Crippen molar-refractivity contribution in [1.82, 2.24) is 10.3 Å². The van der Waals surface area contributed by atoms with Gasteiger partial charge in [-0.25, -0.2) is 0 Å². The van der Waals surface area contributed by atoms with E-state index >= 15 is 0 Å². The molecule has 19 heavy (non-hydrogen) atoms. The molecule has 1 aromatic heterocycles. The molecular weight excluding hydrogens is 240 g/mol. The summed E-state index contributed by atoms with van der Waals surface area (Å²) in [6.07, 6.45) is 5.41. The maximum absolute atomic E-state index is 11.8. The maximum Gasteiger partial charge on any atom is 0.222 e. The van der Waals surface area contributed by atoms with Crippen molar-refractivity contribution in [3.63, 3.8) is 0 Å². The molecular formula is C15H22N2O2. The first-order valence-electron chi connectivity index (χ1n) is 6.89. The fourth-order valence-corrected chi connectivity index (χ4v) is 2.19. The van der Waals surface area contributed by atoms with E-state index in [1.807, 2.05) is 26.0 Å². The molecule has 1 saturated carbocycles. The number of nitrogens with one attached hydrogen (secondary N) is 1. The van der Waals surface area contributed by atoms with Gasteiger partial charge in [-0.15, -0.1) is 0 Å². The number of aromatic nitrogens is 1. The summed E-state index contributed by atoms with van der Waals surface area (Å²) < 4.78 is 0. The molecule has 2 N–H and O–H groups in total. The first-order chi connectivity index (χ1) is 9.03. The van der Waals surface area contributed by atoms with Crippen molar-refractivity contribution in [2.24, 2.45) is 5.92 Å². The molecule has 0 spiro atoms. The van der Waals surface area contributed by atoms with Gasteiger partial charge in [0, 0.05) is 24.4 Å². The Morgan fingerprint density at radius 2 is 2.05 bits per heavy atom. The van der Waals surface area contributed by atoms with Crippen molar-refractivity contribution >= 4 is 5.91 Å². The SMILES string of the molecule is CC(C)C(O)CC(=O)NCC1(c2ccncc2)CC1. The van der Waals surface area contributed by atoms with Gasteiger partial charge in [0.15, 0.2) is 0 Å². The Morgan fingerprint density at radius 1 is 1.42 bits per heavy atom. The third kappa shape index (κ3) is 3.53. The Morgan fingerprint density at radius 3 is 2.58 bits per heavy atom. The van der Waals surface area contributed by atoms with Crippen LogP contribution >= 0.6 is 0 Å². The van der Waals surface area contributed by atoms with Crippen LogP contribution in [0.25, 0.3) is 0 Å². The van der Waals surface area contributed by atoms with Crippen molar-refractivity contribution in [2.75, 3.05) is 6.54 Å². The smallest absolute Gasteiger partial charge is 0.222 e. The van der Waals surface area contributed by atoms with Gasteiger partial charge in [0.1, 0.15) is 0 Å². The van der Waals surface area contributed by atoms with Crippen molar-refractivity contribution in [3.8, 4) is 0 Å². The standard InChI is InChI=1S/C15H22N2O2/c1-11(2)13(18)9-14(19)17-10-15(5-6-15)12-3-7-16-8-4-12/h3-4,7-8,11,13,18H,5-6,9-10H2,1-2H3,(H,17,19). The lowest BCUT2D eigenvalue weighted by Gasteiger charge is -2.18. The number of hydrogen-bond acceptors (Lipinski definition) is 3. The van der Waals surface area contributed by atoms with Gasteiger partial charge in [-0.1, -0.05) is 13.8 Å². The van der Waals surface area contributed by atoms with E-state index in [0.717, 1.165) is 12.8 Å². The minimum absolute atomic E-state index is 0.0680. The van der Waals surface area contributed by atoms with Crippen molar-refractivity contribution in [3.05, 3.63) is 30.1 Å². The second-order valence-corrected chi connectivity index (χ2v) is 5.81. The highest BCUT2D eigenvalue weighted by Crippen LogP contribution is 2.47. The molecule has 0 bridgehead atoms. The van der Waals surface area contributed by atoms with E-state index in [4.69, 9.17) is 0 Å². The van der Waals surface area contributed by atoms with Crippen molar-refractivity contribution in [1.29, 1.82) is 0 Å². The van der Waals surface area contributed by atoms with Gasteiger partial charge < -0.3 is 10.4 Å². The molecule has 0 aliphatic heterocycles. The van der Waals surface area contributed by atoms with Crippen molar-refractivity contribution in [2.45, 2.75) is 44.6 Å². The summed E-state index contributed by atoms with van der Waals surface area (Å²) in [5.41, 5.74) is 1.34. The molecule has 2 rings (SSSR count). The fraction of sp³-hybridized carbons (Fsp3) is 0.600. The van der Waals surface area contributed by atoms with Gasteiger partial charge in [0.05, 0.1) is 12.5 Å². The van der Waals surface area contributed by atoms with Gasteiger partial charge in [0.2, 0.25) is 5.91 Å². The van der Waals surface area contributed by atoms with Crippen molar-refractivity contribution < 1.29 is 9.90 Å². The third-order valence-corrected chi connectivity index (χ3v) is 3.93. The highest BCUT2D eigenvalue weighted by Gasteiger charge is 2.44. The minimum Gasteiger partial charge on any atom is -0.392 e. The summed E-state index contributed by atoms with van der Waals surface area (Å²) in [5.74, 6) is 0.0439. The van der Waals surface area contributed by atoms with Crippen LogP contribution in [0.15, 0.2) is 24.5 Å². The van der Waals surface area contributed by atoms with Crippen LogP contribution in [0.4, 0.5) is 0 Å². The highest BCUT2D eigenvalue weighted by atomic mass is 16.3. The van der Waals surface area contributed by atoms with Gasteiger partial charge in [-0.3, -0.25) is 9.78 Å². The summed E-state index contributed by atoms with van der Waals surface area (Å²) in [6, 6.07) is 4.03. The van der Waals surface area contributed by atoms with Crippen LogP contribution in [0.5, 0.6) is 0 Å².